The van der Waals surface area contributed by atoms with Crippen LogP contribution in [0.25, 0.3) is 0 Å². The second-order valence-corrected chi connectivity index (χ2v) is 2.47. The van der Waals surface area contributed by atoms with Gasteiger partial charge in [-0.3, -0.25) is 4.98 Å². The fraction of sp³-hybridized carbons (Fsp3) is 0.375. The molecule has 0 atom stereocenters. The maximum absolute atomic E-state index is 11.8. The lowest BCUT2D eigenvalue weighted by atomic mass is 10.2. The van der Waals surface area contributed by atoms with Crippen molar-refractivity contribution >= 4 is 0 Å². The van der Waals surface area contributed by atoms with Crippen molar-refractivity contribution in [2.75, 3.05) is 0 Å². The average molecular weight is 173 g/mol. The van der Waals surface area contributed by atoms with Gasteiger partial charge >= 0.3 is 6.61 Å². The van der Waals surface area contributed by atoms with Crippen molar-refractivity contribution in [2.24, 2.45) is 0 Å². The van der Waals surface area contributed by atoms with Crippen LogP contribution < -0.4 is 4.74 Å². The number of hydrogen-bond donors (Lipinski definition) is 0. The van der Waals surface area contributed by atoms with Gasteiger partial charge in [0.1, 0.15) is 5.75 Å². The molecule has 4 heteroatoms. The number of halogens is 2. The van der Waals surface area contributed by atoms with Gasteiger partial charge in [-0.2, -0.15) is 8.78 Å². The van der Waals surface area contributed by atoms with E-state index < -0.39 is 6.61 Å². The number of hydrogen-bond acceptors (Lipinski definition) is 2. The second kappa shape index (κ2) is 3.47. The molecular weight excluding hydrogens is 164 g/mol. The highest BCUT2D eigenvalue weighted by Gasteiger charge is 2.06. The Morgan fingerprint density at radius 2 is 2.08 bits per heavy atom. The topological polar surface area (TPSA) is 22.1 Å². The van der Waals surface area contributed by atoms with Gasteiger partial charge in [0.2, 0.25) is 0 Å². The van der Waals surface area contributed by atoms with Gasteiger partial charge in [0.25, 0.3) is 0 Å². The Balaban J connectivity index is 2.86. The summed E-state index contributed by atoms with van der Waals surface area (Å²) in [6, 6.07) is 1.69. The monoisotopic (exact) mass is 173 g/mol. The van der Waals surface area contributed by atoms with E-state index in [1.807, 2.05) is 0 Å². The molecule has 12 heavy (non-hydrogen) atoms. The number of aryl methyl sites for hydroxylation is 2. The van der Waals surface area contributed by atoms with Crippen LogP contribution in [0.1, 0.15) is 11.3 Å². The molecule has 0 radical (unpaired) electrons. The van der Waals surface area contributed by atoms with Crippen molar-refractivity contribution in [3.05, 3.63) is 23.5 Å². The molecule has 0 saturated heterocycles. The quantitative estimate of drug-likeness (QED) is 0.684. The molecule has 0 unspecified atom stereocenters. The summed E-state index contributed by atoms with van der Waals surface area (Å²) in [5.41, 5.74) is 1.46. The SMILES string of the molecule is Cc1cc(C)c(OC(F)F)cn1. The summed E-state index contributed by atoms with van der Waals surface area (Å²) in [5.74, 6) is 0.135. The predicted molar refractivity (Wildman–Crippen MR) is 40.3 cm³/mol. The Bertz CT molecular complexity index is 276. The lowest BCUT2D eigenvalue weighted by Crippen LogP contribution is -2.03. The van der Waals surface area contributed by atoms with Crippen LogP contribution in [0.15, 0.2) is 12.3 Å². The molecule has 0 aromatic carbocycles. The van der Waals surface area contributed by atoms with Crippen LogP contribution in [0.3, 0.4) is 0 Å². The minimum absolute atomic E-state index is 0.135. The van der Waals surface area contributed by atoms with Gasteiger partial charge < -0.3 is 4.74 Å². The van der Waals surface area contributed by atoms with Gasteiger partial charge in [-0.1, -0.05) is 0 Å². The van der Waals surface area contributed by atoms with Gasteiger partial charge in [0.15, 0.2) is 0 Å². The first-order valence-electron chi connectivity index (χ1n) is 3.47. The van der Waals surface area contributed by atoms with Gasteiger partial charge in [-0.05, 0) is 25.5 Å². The van der Waals surface area contributed by atoms with E-state index in [0.29, 0.717) is 5.56 Å². The third-order valence-electron chi connectivity index (χ3n) is 1.42. The highest BCUT2D eigenvalue weighted by Crippen LogP contribution is 2.18. The standard InChI is InChI=1S/C8H9F2NO/c1-5-3-6(2)11-4-7(5)12-8(9)10/h3-4,8H,1-2H3. The van der Waals surface area contributed by atoms with Crippen LogP contribution in [0.2, 0.25) is 0 Å². The van der Waals surface area contributed by atoms with E-state index in [0.717, 1.165) is 5.69 Å². The van der Waals surface area contributed by atoms with Gasteiger partial charge in [0.05, 0.1) is 6.20 Å². The third-order valence-corrected chi connectivity index (χ3v) is 1.42. The van der Waals surface area contributed by atoms with Gasteiger partial charge in [-0.15, -0.1) is 0 Å². The molecule has 0 fully saturated rings. The first-order valence-corrected chi connectivity index (χ1v) is 3.47. The molecular formula is C8H9F2NO. The van der Waals surface area contributed by atoms with Crippen molar-refractivity contribution in [1.82, 2.24) is 4.98 Å². The molecule has 0 aliphatic heterocycles. The molecule has 1 heterocycles. The van der Waals surface area contributed by atoms with Crippen molar-refractivity contribution in [2.45, 2.75) is 20.5 Å². The normalized spacial score (nSPS) is 10.4. The molecule has 0 saturated carbocycles. The molecule has 1 aromatic rings. The lowest BCUT2D eigenvalue weighted by Gasteiger charge is -2.06. The molecule has 0 bridgehead atoms. The van der Waals surface area contributed by atoms with E-state index in [1.165, 1.54) is 6.20 Å². The van der Waals surface area contributed by atoms with Crippen LogP contribution >= 0.6 is 0 Å². The molecule has 1 rings (SSSR count). The zero-order chi connectivity index (χ0) is 9.14. The molecule has 2 nitrogen and oxygen atoms in total. The van der Waals surface area contributed by atoms with Crippen LogP contribution in [0.5, 0.6) is 5.75 Å². The number of alkyl halides is 2. The maximum Gasteiger partial charge on any atom is 0.387 e. The molecule has 1 aromatic heterocycles. The van der Waals surface area contributed by atoms with Crippen molar-refractivity contribution in [1.29, 1.82) is 0 Å². The summed E-state index contributed by atoms with van der Waals surface area (Å²) in [6.07, 6.45) is 1.30. The first kappa shape index (κ1) is 8.90. The highest BCUT2D eigenvalue weighted by molar-refractivity contribution is 5.30. The summed E-state index contributed by atoms with van der Waals surface area (Å²) >= 11 is 0. The minimum atomic E-state index is -2.78. The van der Waals surface area contributed by atoms with Gasteiger partial charge in [0, 0.05) is 5.69 Å². The Labute approximate surface area is 69.2 Å². The van der Waals surface area contributed by atoms with Crippen molar-refractivity contribution < 1.29 is 13.5 Å². The minimum Gasteiger partial charge on any atom is -0.433 e. The summed E-state index contributed by atoms with van der Waals surface area (Å²) < 4.78 is 27.7. The average Bonchev–Trinajstić information content (AvgIpc) is 1.94. The maximum atomic E-state index is 11.8. The van der Waals surface area contributed by atoms with Crippen molar-refractivity contribution in [3.63, 3.8) is 0 Å². The van der Waals surface area contributed by atoms with E-state index >= 15 is 0 Å². The van der Waals surface area contributed by atoms with E-state index in [9.17, 15) is 8.78 Å². The number of pyridine rings is 1. The highest BCUT2D eigenvalue weighted by atomic mass is 19.3. The zero-order valence-corrected chi connectivity index (χ0v) is 6.84. The lowest BCUT2D eigenvalue weighted by molar-refractivity contribution is -0.0505. The Morgan fingerprint density at radius 3 is 2.58 bits per heavy atom. The summed E-state index contributed by atoms with van der Waals surface area (Å²) in [4.78, 5) is 3.83. The molecule has 0 aliphatic rings. The van der Waals surface area contributed by atoms with Crippen molar-refractivity contribution in [3.8, 4) is 5.75 Å². The summed E-state index contributed by atoms with van der Waals surface area (Å²) in [6.45, 7) is 0.708. The Kier molecular flexibility index (Phi) is 2.58. The van der Waals surface area contributed by atoms with E-state index in [4.69, 9.17) is 0 Å². The Morgan fingerprint density at radius 1 is 1.42 bits per heavy atom. The molecule has 0 spiro atoms. The number of aromatic nitrogens is 1. The van der Waals surface area contributed by atoms with E-state index in [2.05, 4.69) is 9.72 Å². The zero-order valence-electron chi connectivity index (χ0n) is 6.84. The van der Waals surface area contributed by atoms with Crippen LogP contribution in [-0.2, 0) is 0 Å². The number of ether oxygens (including phenoxy) is 1. The van der Waals surface area contributed by atoms with E-state index in [1.54, 1.807) is 19.9 Å². The fourth-order valence-electron chi connectivity index (χ4n) is 0.903. The number of rotatable bonds is 2. The van der Waals surface area contributed by atoms with Crippen LogP contribution in [0, 0.1) is 13.8 Å². The van der Waals surface area contributed by atoms with Gasteiger partial charge in [-0.25, -0.2) is 0 Å². The van der Waals surface area contributed by atoms with Crippen LogP contribution in [0.4, 0.5) is 8.78 Å². The predicted octanol–water partition coefficient (Wildman–Crippen LogP) is 2.30. The molecule has 0 amide bonds. The molecule has 66 valence electrons. The third kappa shape index (κ3) is 2.15. The summed E-state index contributed by atoms with van der Waals surface area (Å²) in [5, 5.41) is 0. The Hall–Kier alpha value is -1.19. The molecule has 0 aliphatic carbocycles. The summed E-state index contributed by atoms with van der Waals surface area (Å²) in [7, 11) is 0. The smallest absolute Gasteiger partial charge is 0.387 e. The fourth-order valence-corrected chi connectivity index (χ4v) is 0.903. The second-order valence-electron chi connectivity index (χ2n) is 2.47. The first-order chi connectivity index (χ1) is 5.59. The molecule has 0 N–H and O–H groups in total. The largest absolute Gasteiger partial charge is 0.433 e. The van der Waals surface area contributed by atoms with E-state index in [-0.39, 0.29) is 5.75 Å². The van der Waals surface area contributed by atoms with Crippen LogP contribution in [-0.4, -0.2) is 11.6 Å². The number of nitrogens with zero attached hydrogens (tertiary/aromatic N) is 1.